The average Bonchev–Trinajstić information content (AvgIpc) is 2.56. The Hall–Kier alpha value is -0.0400. The molecule has 2 saturated carbocycles. The zero-order valence-corrected chi connectivity index (χ0v) is 6.77. The molecular weight excluding hydrogens is 122 g/mol. The van der Waals surface area contributed by atoms with Crippen molar-refractivity contribution in [3.8, 4) is 0 Å². The third kappa shape index (κ3) is 1.20. The molecule has 0 amide bonds. The first-order chi connectivity index (χ1) is 4.90. The molecule has 0 aromatic heterocycles. The van der Waals surface area contributed by atoms with Crippen LogP contribution in [0.5, 0.6) is 0 Å². The molecule has 2 aliphatic carbocycles. The molecule has 1 nitrogen and oxygen atoms in total. The van der Waals surface area contributed by atoms with Crippen LogP contribution in [0.1, 0.15) is 26.2 Å². The molecular formula is C9H17N. The van der Waals surface area contributed by atoms with Crippen LogP contribution in [0.2, 0.25) is 0 Å². The quantitative estimate of drug-likeness (QED) is 0.627. The molecule has 1 N–H and O–H groups in total. The van der Waals surface area contributed by atoms with Crippen LogP contribution in [0.25, 0.3) is 0 Å². The van der Waals surface area contributed by atoms with E-state index in [2.05, 4.69) is 12.2 Å². The Bertz CT molecular complexity index is 112. The molecule has 1 heteroatoms. The summed E-state index contributed by atoms with van der Waals surface area (Å²) in [6.45, 7) is 4.62. The number of nitrogens with one attached hydrogen (secondary N) is 1. The molecule has 2 fully saturated rings. The van der Waals surface area contributed by atoms with Crippen molar-refractivity contribution in [1.82, 2.24) is 5.32 Å². The highest BCUT2D eigenvalue weighted by Gasteiger charge is 2.45. The van der Waals surface area contributed by atoms with Crippen LogP contribution < -0.4 is 5.32 Å². The lowest BCUT2D eigenvalue weighted by Crippen LogP contribution is -2.21. The van der Waals surface area contributed by atoms with Crippen LogP contribution in [-0.2, 0) is 0 Å². The van der Waals surface area contributed by atoms with Gasteiger partial charge in [0, 0.05) is 0 Å². The van der Waals surface area contributed by atoms with Crippen molar-refractivity contribution in [2.75, 3.05) is 13.1 Å². The second-order valence-corrected chi connectivity index (χ2v) is 3.90. The molecule has 0 aromatic carbocycles. The molecule has 0 heterocycles. The fourth-order valence-corrected chi connectivity index (χ4v) is 2.36. The lowest BCUT2D eigenvalue weighted by Gasteiger charge is -2.10. The van der Waals surface area contributed by atoms with E-state index in [0.29, 0.717) is 0 Å². The highest BCUT2D eigenvalue weighted by atomic mass is 14.9. The van der Waals surface area contributed by atoms with Gasteiger partial charge in [-0.05, 0) is 50.1 Å². The largest absolute Gasteiger partial charge is 0.317 e. The van der Waals surface area contributed by atoms with Crippen LogP contribution >= 0.6 is 0 Å². The molecule has 2 unspecified atom stereocenters. The first-order valence-corrected chi connectivity index (χ1v) is 4.61. The number of hydrogen-bond acceptors (Lipinski definition) is 1. The Morgan fingerprint density at radius 1 is 1.20 bits per heavy atom. The highest BCUT2D eigenvalue weighted by Crippen LogP contribution is 2.54. The van der Waals surface area contributed by atoms with Crippen LogP contribution in [0.15, 0.2) is 0 Å². The van der Waals surface area contributed by atoms with Gasteiger partial charge in [0.2, 0.25) is 0 Å². The molecule has 0 saturated heterocycles. The standard InChI is InChI=1S/C9H17N/c1-2-10-6-7-3-8-5-9(8)4-7/h7-10H,2-6H2,1H3. The number of hydrogen-bond donors (Lipinski definition) is 1. The molecule has 58 valence electrons. The fourth-order valence-electron chi connectivity index (χ4n) is 2.36. The van der Waals surface area contributed by atoms with Gasteiger partial charge in [0.25, 0.3) is 0 Å². The molecule has 2 aliphatic rings. The summed E-state index contributed by atoms with van der Waals surface area (Å²) in [7, 11) is 0. The summed E-state index contributed by atoms with van der Waals surface area (Å²) in [5.74, 6) is 3.34. The molecule has 0 radical (unpaired) electrons. The molecule has 0 aromatic rings. The minimum atomic E-state index is 1.03. The van der Waals surface area contributed by atoms with Gasteiger partial charge in [-0.3, -0.25) is 0 Å². The van der Waals surface area contributed by atoms with Crippen molar-refractivity contribution in [1.29, 1.82) is 0 Å². The van der Waals surface area contributed by atoms with E-state index in [0.717, 1.165) is 24.3 Å². The summed E-state index contributed by atoms with van der Waals surface area (Å²) >= 11 is 0. The van der Waals surface area contributed by atoms with Gasteiger partial charge in [-0.1, -0.05) is 6.92 Å². The first kappa shape index (κ1) is 6.66. The van der Waals surface area contributed by atoms with E-state index in [9.17, 15) is 0 Å². The van der Waals surface area contributed by atoms with E-state index in [4.69, 9.17) is 0 Å². The minimum absolute atomic E-state index is 1.03. The Morgan fingerprint density at radius 2 is 1.90 bits per heavy atom. The van der Waals surface area contributed by atoms with Crippen LogP contribution in [-0.4, -0.2) is 13.1 Å². The van der Waals surface area contributed by atoms with Gasteiger partial charge in [0.05, 0.1) is 0 Å². The summed E-state index contributed by atoms with van der Waals surface area (Å²) in [5, 5.41) is 3.43. The predicted octanol–water partition coefficient (Wildman–Crippen LogP) is 1.64. The molecule has 10 heavy (non-hydrogen) atoms. The Labute approximate surface area is 63.2 Å². The molecule has 0 spiro atoms. The van der Waals surface area contributed by atoms with Gasteiger partial charge >= 0.3 is 0 Å². The van der Waals surface area contributed by atoms with E-state index in [1.54, 1.807) is 6.42 Å². The van der Waals surface area contributed by atoms with E-state index in [1.165, 1.54) is 19.4 Å². The number of rotatable bonds is 3. The van der Waals surface area contributed by atoms with Gasteiger partial charge in [-0.15, -0.1) is 0 Å². The Kier molecular flexibility index (Phi) is 1.69. The third-order valence-corrected chi connectivity index (χ3v) is 3.02. The first-order valence-electron chi connectivity index (χ1n) is 4.61. The summed E-state index contributed by atoms with van der Waals surface area (Å²) in [6.07, 6.45) is 4.61. The molecule has 0 bridgehead atoms. The van der Waals surface area contributed by atoms with E-state index in [-0.39, 0.29) is 0 Å². The summed E-state index contributed by atoms with van der Waals surface area (Å²) < 4.78 is 0. The van der Waals surface area contributed by atoms with Gasteiger partial charge in [-0.2, -0.15) is 0 Å². The Morgan fingerprint density at radius 3 is 2.50 bits per heavy atom. The zero-order valence-electron chi connectivity index (χ0n) is 6.77. The highest BCUT2D eigenvalue weighted by molar-refractivity contribution is 4.96. The maximum atomic E-state index is 3.43. The number of fused-ring (bicyclic) bond motifs is 1. The predicted molar refractivity (Wildman–Crippen MR) is 42.9 cm³/mol. The topological polar surface area (TPSA) is 12.0 Å². The average molecular weight is 139 g/mol. The van der Waals surface area contributed by atoms with Crippen molar-refractivity contribution < 1.29 is 0 Å². The molecule has 0 aliphatic heterocycles. The Balaban J connectivity index is 1.66. The maximum Gasteiger partial charge on any atom is -0.00204 e. The fraction of sp³-hybridized carbons (Fsp3) is 1.00. The molecule has 2 atom stereocenters. The van der Waals surface area contributed by atoms with Crippen molar-refractivity contribution in [3.05, 3.63) is 0 Å². The third-order valence-electron chi connectivity index (χ3n) is 3.02. The zero-order chi connectivity index (χ0) is 6.97. The summed E-state index contributed by atoms with van der Waals surface area (Å²) in [4.78, 5) is 0. The van der Waals surface area contributed by atoms with Crippen LogP contribution in [0, 0.1) is 17.8 Å². The van der Waals surface area contributed by atoms with Gasteiger partial charge in [0.1, 0.15) is 0 Å². The van der Waals surface area contributed by atoms with Gasteiger partial charge in [-0.25, -0.2) is 0 Å². The van der Waals surface area contributed by atoms with Gasteiger partial charge in [0.15, 0.2) is 0 Å². The van der Waals surface area contributed by atoms with Gasteiger partial charge < -0.3 is 5.32 Å². The normalized spacial score (nSPS) is 43.5. The summed E-state index contributed by atoms with van der Waals surface area (Å²) in [6, 6.07) is 0. The van der Waals surface area contributed by atoms with Crippen molar-refractivity contribution in [3.63, 3.8) is 0 Å². The van der Waals surface area contributed by atoms with Crippen LogP contribution in [0.3, 0.4) is 0 Å². The van der Waals surface area contributed by atoms with Crippen molar-refractivity contribution in [2.24, 2.45) is 17.8 Å². The van der Waals surface area contributed by atoms with E-state index < -0.39 is 0 Å². The maximum absolute atomic E-state index is 3.43. The van der Waals surface area contributed by atoms with E-state index in [1.807, 2.05) is 0 Å². The second-order valence-electron chi connectivity index (χ2n) is 3.90. The SMILES string of the molecule is CCNCC1CC2CC2C1. The lowest BCUT2D eigenvalue weighted by atomic mass is 10.0. The van der Waals surface area contributed by atoms with Crippen molar-refractivity contribution >= 4 is 0 Å². The second kappa shape index (κ2) is 2.54. The summed E-state index contributed by atoms with van der Waals surface area (Å²) in [5.41, 5.74) is 0. The van der Waals surface area contributed by atoms with Crippen molar-refractivity contribution in [2.45, 2.75) is 26.2 Å². The monoisotopic (exact) mass is 139 g/mol. The van der Waals surface area contributed by atoms with Crippen LogP contribution in [0.4, 0.5) is 0 Å². The minimum Gasteiger partial charge on any atom is -0.317 e. The lowest BCUT2D eigenvalue weighted by molar-refractivity contribution is 0.453. The smallest absolute Gasteiger partial charge is 0.00204 e. The molecule has 2 rings (SSSR count). The van der Waals surface area contributed by atoms with E-state index >= 15 is 0 Å².